The third-order valence-corrected chi connectivity index (χ3v) is 5.57. The maximum absolute atomic E-state index is 13.1. The van der Waals surface area contributed by atoms with E-state index < -0.39 is 41.7 Å². The summed E-state index contributed by atoms with van der Waals surface area (Å²) in [6.07, 6.45) is 0. The van der Waals surface area contributed by atoms with E-state index in [-0.39, 0.29) is 5.75 Å². The van der Waals surface area contributed by atoms with Crippen molar-refractivity contribution in [2.45, 2.75) is 12.1 Å². The van der Waals surface area contributed by atoms with Gasteiger partial charge in [-0.1, -0.05) is 40.2 Å². The summed E-state index contributed by atoms with van der Waals surface area (Å²) in [5.74, 6) is -4.25. The van der Waals surface area contributed by atoms with Crippen molar-refractivity contribution in [3.05, 3.63) is 58.6 Å². The van der Waals surface area contributed by atoms with Crippen molar-refractivity contribution in [1.82, 2.24) is 5.32 Å². The zero-order valence-electron chi connectivity index (χ0n) is 13.9. The van der Waals surface area contributed by atoms with E-state index in [2.05, 4.69) is 21.2 Å². The molecule has 2 aliphatic heterocycles. The molecule has 138 valence electrons. The van der Waals surface area contributed by atoms with E-state index in [0.29, 0.717) is 15.7 Å². The van der Waals surface area contributed by atoms with E-state index in [9.17, 15) is 24.6 Å². The first-order valence-electron chi connectivity index (χ1n) is 8.30. The zero-order valence-corrected chi connectivity index (χ0v) is 15.5. The number of carbonyl (C=O) groups excluding carboxylic acids is 2. The lowest BCUT2D eigenvalue weighted by Gasteiger charge is -2.22. The van der Waals surface area contributed by atoms with Gasteiger partial charge in [0, 0.05) is 16.1 Å². The summed E-state index contributed by atoms with van der Waals surface area (Å²) in [4.78, 5) is 38.9. The van der Waals surface area contributed by atoms with E-state index in [1.165, 1.54) is 6.07 Å². The number of phenolic OH excluding ortho intramolecular Hbond substituents is 1. The Labute approximate surface area is 162 Å². The van der Waals surface area contributed by atoms with Crippen LogP contribution in [0.5, 0.6) is 5.75 Å². The number of fused-ring (bicyclic) bond motifs is 1. The second kappa shape index (κ2) is 6.47. The van der Waals surface area contributed by atoms with E-state index in [4.69, 9.17) is 0 Å². The number of hydrogen-bond acceptors (Lipinski definition) is 5. The topological polar surface area (TPSA) is 107 Å². The molecular formula is C19H15BrN2O5. The number of para-hydroxylation sites is 1. The first kappa shape index (κ1) is 17.7. The highest BCUT2D eigenvalue weighted by Gasteiger charge is 2.61. The summed E-state index contributed by atoms with van der Waals surface area (Å²) < 4.78 is 0.697. The first-order chi connectivity index (χ1) is 12.9. The molecule has 7 nitrogen and oxygen atoms in total. The lowest BCUT2D eigenvalue weighted by atomic mass is 9.86. The normalized spacial score (nSPS) is 27.1. The number of aromatic hydroxyl groups is 1. The molecule has 0 bridgehead atoms. The van der Waals surface area contributed by atoms with Gasteiger partial charge >= 0.3 is 5.97 Å². The van der Waals surface area contributed by atoms with E-state index in [1.54, 1.807) is 42.5 Å². The summed E-state index contributed by atoms with van der Waals surface area (Å²) in [5.41, 5.74) is 0.780. The SMILES string of the molecule is O=C(O)C1NC(c2ccccc2O)C2C(=O)N(c3cccc(Br)c3)C(=O)C12. The predicted octanol–water partition coefficient (Wildman–Crippen LogP) is 2.06. The maximum Gasteiger partial charge on any atom is 0.321 e. The Kier molecular flexibility index (Phi) is 4.24. The molecule has 2 saturated heterocycles. The molecule has 2 fully saturated rings. The van der Waals surface area contributed by atoms with E-state index in [0.717, 1.165) is 4.90 Å². The Morgan fingerprint density at radius 2 is 1.74 bits per heavy atom. The van der Waals surface area contributed by atoms with Crippen molar-refractivity contribution in [3.63, 3.8) is 0 Å². The van der Waals surface area contributed by atoms with Crippen molar-refractivity contribution >= 4 is 39.4 Å². The second-order valence-corrected chi connectivity index (χ2v) is 7.48. The summed E-state index contributed by atoms with van der Waals surface area (Å²) in [6.45, 7) is 0. The number of hydrogen-bond donors (Lipinski definition) is 3. The van der Waals surface area contributed by atoms with Gasteiger partial charge in [-0.3, -0.25) is 19.7 Å². The highest BCUT2D eigenvalue weighted by molar-refractivity contribution is 9.10. The summed E-state index contributed by atoms with van der Waals surface area (Å²) in [6, 6.07) is 11.1. The number of phenols is 1. The fourth-order valence-electron chi connectivity index (χ4n) is 3.94. The van der Waals surface area contributed by atoms with Crippen LogP contribution in [-0.2, 0) is 14.4 Å². The van der Waals surface area contributed by atoms with Crippen LogP contribution < -0.4 is 10.2 Å². The number of carboxylic acid groups (broad SMARTS) is 1. The van der Waals surface area contributed by atoms with Crippen molar-refractivity contribution < 1.29 is 24.6 Å². The van der Waals surface area contributed by atoms with Crippen molar-refractivity contribution in [1.29, 1.82) is 0 Å². The molecular weight excluding hydrogens is 416 g/mol. The van der Waals surface area contributed by atoms with Gasteiger partial charge in [0.2, 0.25) is 11.8 Å². The van der Waals surface area contributed by atoms with Crippen LogP contribution in [0.2, 0.25) is 0 Å². The fraction of sp³-hybridized carbons (Fsp3) is 0.211. The number of nitrogens with one attached hydrogen (secondary N) is 1. The molecule has 27 heavy (non-hydrogen) atoms. The van der Waals surface area contributed by atoms with E-state index >= 15 is 0 Å². The van der Waals surface area contributed by atoms with Gasteiger partial charge < -0.3 is 10.2 Å². The van der Waals surface area contributed by atoms with Gasteiger partial charge in [0.25, 0.3) is 0 Å². The van der Waals surface area contributed by atoms with Gasteiger partial charge in [-0.15, -0.1) is 0 Å². The Balaban J connectivity index is 1.80. The third kappa shape index (κ3) is 2.72. The van der Waals surface area contributed by atoms with Crippen molar-refractivity contribution in [2.75, 3.05) is 4.90 Å². The van der Waals surface area contributed by atoms with Gasteiger partial charge in [-0.05, 0) is 24.3 Å². The number of anilines is 1. The third-order valence-electron chi connectivity index (χ3n) is 5.08. The lowest BCUT2D eigenvalue weighted by Crippen LogP contribution is -2.43. The number of carboxylic acids is 1. The molecule has 0 aliphatic carbocycles. The van der Waals surface area contributed by atoms with Crippen LogP contribution in [0, 0.1) is 11.8 Å². The Bertz CT molecular complexity index is 963. The van der Waals surface area contributed by atoms with E-state index in [1.807, 2.05) is 0 Å². The molecule has 2 aliphatic rings. The van der Waals surface area contributed by atoms with Gasteiger partial charge in [0.05, 0.1) is 17.5 Å². The molecule has 4 atom stereocenters. The second-order valence-electron chi connectivity index (χ2n) is 6.56. The van der Waals surface area contributed by atoms with Crippen LogP contribution in [0.15, 0.2) is 53.0 Å². The fourth-order valence-corrected chi connectivity index (χ4v) is 4.33. The average molecular weight is 431 g/mol. The molecule has 4 rings (SSSR count). The first-order valence-corrected chi connectivity index (χ1v) is 9.09. The molecule has 0 radical (unpaired) electrons. The molecule has 0 aromatic heterocycles. The number of rotatable bonds is 3. The molecule has 2 aromatic carbocycles. The number of imide groups is 1. The number of nitrogens with zero attached hydrogens (tertiary/aromatic N) is 1. The number of amides is 2. The minimum absolute atomic E-state index is 0.0547. The smallest absolute Gasteiger partial charge is 0.321 e. The summed E-state index contributed by atoms with van der Waals surface area (Å²) in [7, 11) is 0. The van der Waals surface area contributed by atoms with Crippen LogP contribution in [-0.4, -0.2) is 34.0 Å². The maximum atomic E-state index is 13.1. The molecule has 3 N–H and O–H groups in total. The van der Waals surface area contributed by atoms with Gasteiger partial charge in [0.15, 0.2) is 0 Å². The highest BCUT2D eigenvalue weighted by Crippen LogP contribution is 2.47. The Hall–Kier alpha value is -2.71. The van der Waals surface area contributed by atoms with Crippen LogP contribution in [0.1, 0.15) is 11.6 Å². The molecule has 2 amide bonds. The van der Waals surface area contributed by atoms with Crippen LogP contribution >= 0.6 is 15.9 Å². The molecule has 4 unspecified atom stereocenters. The molecule has 0 spiro atoms. The van der Waals surface area contributed by atoms with Gasteiger partial charge in [-0.25, -0.2) is 4.90 Å². The molecule has 2 heterocycles. The van der Waals surface area contributed by atoms with Crippen LogP contribution in [0.4, 0.5) is 5.69 Å². The largest absolute Gasteiger partial charge is 0.508 e. The lowest BCUT2D eigenvalue weighted by molar-refractivity contribution is -0.142. The molecule has 2 aromatic rings. The number of halogens is 1. The van der Waals surface area contributed by atoms with Crippen molar-refractivity contribution in [2.24, 2.45) is 11.8 Å². The van der Waals surface area contributed by atoms with Crippen LogP contribution in [0.25, 0.3) is 0 Å². The number of carbonyl (C=O) groups is 3. The number of aliphatic carboxylic acids is 1. The molecule has 0 saturated carbocycles. The molecule has 8 heteroatoms. The van der Waals surface area contributed by atoms with Gasteiger partial charge in [0.1, 0.15) is 11.8 Å². The zero-order chi connectivity index (χ0) is 19.3. The standard InChI is InChI=1S/C19H15BrN2O5/c20-9-4-3-5-10(8-9)22-17(24)13-14(18(22)25)16(19(26)27)21-15(13)11-6-1-2-7-12(11)23/h1-8,13-16,21,23H,(H,26,27). The van der Waals surface area contributed by atoms with Crippen molar-refractivity contribution in [3.8, 4) is 5.75 Å². The minimum atomic E-state index is -1.21. The van der Waals surface area contributed by atoms with Gasteiger partial charge in [-0.2, -0.15) is 0 Å². The predicted molar refractivity (Wildman–Crippen MR) is 99.0 cm³/mol. The monoisotopic (exact) mass is 430 g/mol. The summed E-state index contributed by atoms with van der Waals surface area (Å²) >= 11 is 3.31. The Morgan fingerprint density at radius 1 is 1.04 bits per heavy atom. The quantitative estimate of drug-likeness (QED) is 0.643. The number of benzene rings is 2. The average Bonchev–Trinajstić information content (AvgIpc) is 3.13. The Morgan fingerprint density at radius 3 is 2.41 bits per heavy atom. The minimum Gasteiger partial charge on any atom is -0.508 e. The van der Waals surface area contributed by atoms with Crippen LogP contribution in [0.3, 0.4) is 0 Å². The summed E-state index contributed by atoms with van der Waals surface area (Å²) in [5, 5.41) is 22.6. The highest BCUT2D eigenvalue weighted by atomic mass is 79.9.